The van der Waals surface area contributed by atoms with E-state index in [1.165, 1.54) is 17.3 Å². The van der Waals surface area contributed by atoms with Gasteiger partial charge in [-0.1, -0.05) is 40.2 Å². The molecule has 1 amide bonds. The molecule has 2 aromatic rings. The van der Waals surface area contributed by atoms with E-state index in [0.29, 0.717) is 10.1 Å². The maximum Gasteiger partial charge on any atom is 0.264 e. The largest absolute Gasteiger partial charge is 0.300 e. The van der Waals surface area contributed by atoms with Crippen LogP contribution < -0.4 is 5.32 Å². The van der Waals surface area contributed by atoms with Crippen LogP contribution >= 0.6 is 27.7 Å². The Bertz CT molecular complexity index is 843. The van der Waals surface area contributed by atoms with Crippen LogP contribution in [0.2, 0.25) is 0 Å². The van der Waals surface area contributed by atoms with Crippen molar-refractivity contribution in [3.05, 3.63) is 68.5 Å². The second-order valence-corrected chi connectivity index (χ2v) is 7.20. The molecular weight excluding hydrogens is 372 g/mol. The van der Waals surface area contributed by atoms with E-state index >= 15 is 0 Å². The van der Waals surface area contributed by atoms with Crippen LogP contribution in [0.4, 0.5) is 5.69 Å². The van der Waals surface area contributed by atoms with E-state index in [4.69, 9.17) is 0 Å². The van der Waals surface area contributed by atoms with Gasteiger partial charge in [0.25, 0.3) is 5.91 Å². The number of carbonyl (C=O) groups is 1. The molecular formula is C18H15BrN2OS. The van der Waals surface area contributed by atoms with Crippen molar-refractivity contribution in [2.75, 3.05) is 0 Å². The molecule has 1 aliphatic heterocycles. The van der Waals surface area contributed by atoms with Crippen LogP contribution in [0.1, 0.15) is 16.7 Å². The van der Waals surface area contributed by atoms with Gasteiger partial charge < -0.3 is 5.32 Å². The van der Waals surface area contributed by atoms with E-state index < -0.39 is 0 Å². The molecule has 1 saturated heterocycles. The lowest BCUT2D eigenvalue weighted by atomic mass is 10.1. The number of amides is 1. The summed E-state index contributed by atoms with van der Waals surface area (Å²) in [4.78, 5) is 17.3. The average molecular weight is 387 g/mol. The van der Waals surface area contributed by atoms with Gasteiger partial charge in [-0.05, 0) is 66.6 Å². The van der Waals surface area contributed by atoms with Crippen molar-refractivity contribution in [1.29, 1.82) is 0 Å². The number of aryl methyl sites for hydroxylation is 1. The van der Waals surface area contributed by atoms with Crippen molar-refractivity contribution in [2.45, 2.75) is 13.8 Å². The van der Waals surface area contributed by atoms with Gasteiger partial charge in [0.15, 0.2) is 5.17 Å². The lowest BCUT2D eigenvalue weighted by Crippen LogP contribution is -2.19. The molecule has 3 nitrogen and oxygen atoms in total. The van der Waals surface area contributed by atoms with Gasteiger partial charge in [-0.25, -0.2) is 4.99 Å². The van der Waals surface area contributed by atoms with Gasteiger partial charge in [0.05, 0.1) is 10.6 Å². The van der Waals surface area contributed by atoms with Crippen molar-refractivity contribution in [3.8, 4) is 0 Å². The first kappa shape index (κ1) is 16.0. The minimum atomic E-state index is -0.112. The lowest BCUT2D eigenvalue weighted by Gasteiger charge is -2.04. The number of nitrogens with zero attached hydrogens (tertiary/aromatic N) is 1. The minimum Gasteiger partial charge on any atom is -0.300 e. The molecule has 0 radical (unpaired) electrons. The highest BCUT2D eigenvalue weighted by Gasteiger charge is 2.24. The van der Waals surface area contributed by atoms with Crippen molar-refractivity contribution in [3.63, 3.8) is 0 Å². The highest BCUT2D eigenvalue weighted by molar-refractivity contribution is 9.10. The van der Waals surface area contributed by atoms with Gasteiger partial charge in [-0.15, -0.1) is 0 Å². The molecule has 3 rings (SSSR count). The van der Waals surface area contributed by atoms with Crippen LogP contribution in [-0.2, 0) is 4.79 Å². The smallest absolute Gasteiger partial charge is 0.264 e. The molecule has 0 aromatic heterocycles. The van der Waals surface area contributed by atoms with E-state index in [9.17, 15) is 4.79 Å². The Kier molecular flexibility index (Phi) is 4.68. The van der Waals surface area contributed by atoms with Crippen LogP contribution in [0, 0.1) is 13.8 Å². The number of thioether (sulfide) groups is 1. The van der Waals surface area contributed by atoms with Crippen molar-refractivity contribution in [2.24, 2.45) is 4.99 Å². The molecule has 0 saturated carbocycles. The summed E-state index contributed by atoms with van der Waals surface area (Å²) >= 11 is 4.80. The molecule has 0 atom stereocenters. The van der Waals surface area contributed by atoms with Gasteiger partial charge >= 0.3 is 0 Å². The number of rotatable bonds is 2. The Hall–Kier alpha value is -1.85. The second-order valence-electron chi connectivity index (χ2n) is 5.26. The van der Waals surface area contributed by atoms with E-state index in [0.717, 1.165) is 21.3 Å². The Morgan fingerprint density at radius 2 is 1.96 bits per heavy atom. The molecule has 5 heteroatoms. The summed E-state index contributed by atoms with van der Waals surface area (Å²) < 4.78 is 0.986. The summed E-state index contributed by atoms with van der Waals surface area (Å²) in [5.74, 6) is -0.112. The maximum absolute atomic E-state index is 12.1. The van der Waals surface area contributed by atoms with Gasteiger partial charge in [0.2, 0.25) is 0 Å². The van der Waals surface area contributed by atoms with Gasteiger partial charge in [0.1, 0.15) is 0 Å². The summed E-state index contributed by atoms with van der Waals surface area (Å²) in [6.07, 6.45) is 1.87. The topological polar surface area (TPSA) is 41.5 Å². The zero-order chi connectivity index (χ0) is 16.4. The standard InChI is InChI=1S/C18H15BrN2OS/c1-11-5-3-8-15(12(11)2)20-18-21-17(22)16(23-18)10-13-6-4-7-14(19)9-13/h3-10H,1-2H3,(H,20,21,22)/b16-10-. The Balaban J connectivity index is 1.88. The summed E-state index contributed by atoms with van der Waals surface area (Å²) in [6, 6.07) is 13.8. The van der Waals surface area contributed by atoms with Crippen LogP contribution in [0.25, 0.3) is 6.08 Å². The zero-order valence-electron chi connectivity index (χ0n) is 12.8. The predicted molar refractivity (Wildman–Crippen MR) is 101 cm³/mol. The van der Waals surface area contributed by atoms with E-state index in [-0.39, 0.29) is 5.91 Å². The number of benzene rings is 2. The fourth-order valence-corrected chi connectivity index (χ4v) is 3.45. The first-order chi connectivity index (χ1) is 11.0. The van der Waals surface area contributed by atoms with E-state index in [1.807, 2.05) is 49.4 Å². The van der Waals surface area contributed by atoms with E-state index in [1.54, 1.807) is 0 Å². The summed E-state index contributed by atoms with van der Waals surface area (Å²) in [5, 5.41) is 3.44. The van der Waals surface area contributed by atoms with E-state index in [2.05, 4.69) is 39.2 Å². The average Bonchev–Trinajstić information content (AvgIpc) is 2.84. The summed E-state index contributed by atoms with van der Waals surface area (Å²) in [5.41, 5.74) is 4.17. The molecule has 2 aromatic carbocycles. The summed E-state index contributed by atoms with van der Waals surface area (Å²) in [6.45, 7) is 4.09. The third-order valence-electron chi connectivity index (χ3n) is 3.60. The monoisotopic (exact) mass is 386 g/mol. The lowest BCUT2D eigenvalue weighted by molar-refractivity contribution is -0.115. The zero-order valence-corrected chi connectivity index (χ0v) is 15.2. The van der Waals surface area contributed by atoms with Crippen molar-refractivity contribution >= 4 is 50.5 Å². The fraction of sp³-hybridized carbons (Fsp3) is 0.111. The van der Waals surface area contributed by atoms with Crippen LogP contribution in [0.5, 0.6) is 0 Å². The van der Waals surface area contributed by atoms with Crippen LogP contribution in [0.3, 0.4) is 0 Å². The number of amidine groups is 1. The molecule has 1 heterocycles. The molecule has 116 valence electrons. The third kappa shape index (κ3) is 3.74. The minimum absolute atomic E-state index is 0.112. The SMILES string of the molecule is Cc1cccc(N=C2NC(=O)/C(=C/c3cccc(Br)c3)S2)c1C. The van der Waals surface area contributed by atoms with Crippen molar-refractivity contribution in [1.82, 2.24) is 5.32 Å². The fourth-order valence-electron chi connectivity index (χ4n) is 2.19. The molecule has 0 aliphatic carbocycles. The Morgan fingerprint density at radius 1 is 1.17 bits per heavy atom. The van der Waals surface area contributed by atoms with Gasteiger partial charge in [-0.3, -0.25) is 4.79 Å². The molecule has 1 fully saturated rings. The number of nitrogens with one attached hydrogen (secondary N) is 1. The molecule has 0 bridgehead atoms. The Labute approximate surface area is 148 Å². The predicted octanol–water partition coefficient (Wildman–Crippen LogP) is 4.96. The van der Waals surface area contributed by atoms with Crippen LogP contribution in [0.15, 0.2) is 56.8 Å². The molecule has 0 spiro atoms. The molecule has 1 N–H and O–H groups in total. The van der Waals surface area contributed by atoms with Crippen molar-refractivity contribution < 1.29 is 4.79 Å². The molecule has 1 aliphatic rings. The molecule has 0 unspecified atom stereocenters. The molecule has 23 heavy (non-hydrogen) atoms. The number of hydrogen-bond acceptors (Lipinski definition) is 3. The maximum atomic E-state index is 12.1. The first-order valence-electron chi connectivity index (χ1n) is 7.14. The second kappa shape index (κ2) is 6.72. The normalized spacial score (nSPS) is 17.8. The highest BCUT2D eigenvalue weighted by atomic mass is 79.9. The number of halogens is 1. The Morgan fingerprint density at radius 3 is 2.74 bits per heavy atom. The highest BCUT2D eigenvalue weighted by Crippen LogP contribution is 2.30. The van der Waals surface area contributed by atoms with Gasteiger partial charge in [-0.2, -0.15) is 0 Å². The third-order valence-corrected chi connectivity index (χ3v) is 5.00. The van der Waals surface area contributed by atoms with Gasteiger partial charge in [0, 0.05) is 4.47 Å². The number of aliphatic imine (C=N–C) groups is 1. The quantitative estimate of drug-likeness (QED) is 0.741. The summed E-state index contributed by atoms with van der Waals surface area (Å²) in [7, 11) is 0. The number of carbonyl (C=O) groups excluding carboxylic acids is 1. The van der Waals surface area contributed by atoms with Crippen LogP contribution in [-0.4, -0.2) is 11.1 Å². The number of hydrogen-bond donors (Lipinski definition) is 1. The first-order valence-corrected chi connectivity index (χ1v) is 8.75.